The molecule has 0 atom stereocenters. The average Bonchev–Trinajstić information content (AvgIpc) is 2.80. The van der Waals surface area contributed by atoms with Crippen molar-refractivity contribution >= 4 is 27.8 Å². The highest BCUT2D eigenvalue weighted by Crippen LogP contribution is 2.21. The molecule has 0 spiro atoms. The maximum absolute atomic E-state index is 11.9. The maximum atomic E-state index is 11.9. The van der Waals surface area contributed by atoms with E-state index in [1.54, 1.807) is 29.9 Å². The molecule has 0 aliphatic carbocycles. The molecule has 96 valence electrons. The standard InChI is InChI=1S/C13H11N3O3/c1-16-11-8-4-3-7(13(18)19-2)5-10(8)15-12(17)9(11)6-14-16/h3-6H,1-2H3,(H,15,17). The van der Waals surface area contributed by atoms with Crippen molar-refractivity contribution in [2.75, 3.05) is 7.11 Å². The molecule has 3 rings (SSSR count). The highest BCUT2D eigenvalue weighted by Gasteiger charge is 2.12. The lowest BCUT2D eigenvalue weighted by molar-refractivity contribution is 0.0601. The van der Waals surface area contributed by atoms with Crippen molar-refractivity contribution in [3.8, 4) is 0 Å². The summed E-state index contributed by atoms with van der Waals surface area (Å²) in [5.74, 6) is -0.437. The molecule has 0 saturated heterocycles. The van der Waals surface area contributed by atoms with Crippen molar-refractivity contribution in [3.63, 3.8) is 0 Å². The number of pyridine rings is 1. The molecule has 6 heteroatoms. The number of aromatic amines is 1. The van der Waals surface area contributed by atoms with Gasteiger partial charge in [-0.1, -0.05) is 0 Å². The molecular formula is C13H11N3O3. The Morgan fingerprint density at radius 3 is 2.89 bits per heavy atom. The van der Waals surface area contributed by atoms with Crippen molar-refractivity contribution in [1.82, 2.24) is 14.8 Å². The Balaban J connectivity index is 2.42. The van der Waals surface area contributed by atoms with E-state index >= 15 is 0 Å². The fourth-order valence-electron chi connectivity index (χ4n) is 2.21. The van der Waals surface area contributed by atoms with Gasteiger partial charge in [-0.2, -0.15) is 5.10 Å². The van der Waals surface area contributed by atoms with Gasteiger partial charge < -0.3 is 9.72 Å². The zero-order valence-electron chi connectivity index (χ0n) is 10.4. The predicted molar refractivity (Wildman–Crippen MR) is 70.2 cm³/mol. The van der Waals surface area contributed by atoms with Crippen LogP contribution in [0.15, 0.2) is 29.2 Å². The number of H-pyrrole nitrogens is 1. The fourth-order valence-corrected chi connectivity index (χ4v) is 2.21. The summed E-state index contributed by atoms with van der Waals surface area (Å²) >= 11 is 0. The molecule has 3 aromatic rings. The molecule has 0 amide bonds. The van der Waals surface area contributed by atoms with Crippen LogP contribution in [-0.2, 0) is 11.8 Å². The lowest BCUT2D eigenvalue weighted by Crippen LogP contribution is -2.07. The van der Waals surface area contributed by atoms with E-state index in [9.17, 15) is 9.59 Å². The van der Waals surface area contributed by atoms with E-state index in [2.05, 4.69) is 14.8 Å². The maximum Gasteiger partial charge on any atom is 0.337 e. The summed E-state index contributed by atoms with van der Waals surface area (Å²) in [5.41, 5.74) is 1.50. The fraction of sp³-hybridized carbons (Fsp3) is 0.154. The van der Waals surface area contributed by atoms with Crippen LogP contribution in [0.25, 0.3) is 21.8 Å². The number of esters is 1. The van der Waals surface area contributed by atoms with E-state index in [-0.39, 0.29) is 5.56 Å². The molecule has 0 radical (unpaired) electrons. The van der Waals surface area contributed by atoms with E-state index < -0.39 is 5.97 Å². The molecule has 0 saturated carbocycles. The van der Waals surface area contributed by atoms with Crippen molar-refractivity contribution in [1.29, 1.82) is 0 Å². The van der Waals surface area contributed by atoms with Crippen LogP contribution in [0.2, 0.25) is 0 Å². The topological polar surface area (TPSA) is 77.0 Å². The van der Waals surface area contributed by atoms with Crippen LogP contribution in [0, 0.1) is 0 Å². The Bertz CT molecular complexity index is 861. The van der Waals surface area contributed by atoms with Gasteiger partial charge in [-0.3, -0.25) is 9.48 Å². The second-order valence-electron chi connectivity index (χ2n) is 4.24. The van der Waals surface area contributed by atoms with Crippen molar-refractivity contribution in [2.45, 2.75) is 0 Å². The van der Waals surface area contributed by atoms with Crippen molar-refractivity contribution in [2.24, 2.45) is 7.05 Å². The van der Waals surface area contributed by atoms with Gasteiger partial charge in [0.2, 0.25) is 0 Å². The summed E-state index contributed by atoms with van der Waals surface area (Å²) in [7, 11) is 3.09. The number of hydrogen-bond donors (Lipinski definition) is 1. The Labute approximate surface area is 107 Å². The molecule has 0 aliphatic rings. The number of methoxy groups -OCH3 is 1. The molecule has 19 heavy (non-hydrogen) atoms. The van der Waals surface area contributed by atoms with Crippen LogP contribution >= 0.6 is 0 Å². The second kappa shape index (κ2) is 3.94. The van der Waals surface area contributed by atoms with Crippen LogP contribution < -0.4 is 5.56 Å². The highest BCUT2D eigenvalue weighted by atomic mass is 16.5. The van der Waals surface area contributed by atoms with Crippen LogP contribution in [0.3, 0.4) is 0 Å². The molecule has 0 unspecified atom stereocenters. The van der Waals surface area contributed by atoms with E-state index in [0.29, 0.717) is 16.5 Å². The molecule has 1 N–H and O–H groups in total. The molecule has 2 aromatic heterocycles. The molecule has 6 nitrogen and oxygen atoms in total. The first-order chi connectivity index (χ1) is 9.11. The lowest BCUT2D eigenvalue weighted by Gasteiger charge is -2.04. The number of aryl methyl sites for hydroxylation is 1. The number of rotatable bonds is 1. The minimum absolute atomic E-state index is 0.224. The number of carbonyl (C=O) groups excluding carboxylic acids is 1. The summed E-state index contributed by atoms with van der Waals surface area (Å²) in [6.07, 6.45) is 1.53. The van der Waals surface area contributed by atoms with E-state index in [4.69, 9.17) is 0 Å². The average molecular weight is 257 g/mol. The summed E-state index contributed by atoms with van der Waals surface area (Å²) in [4.78, 5) is 26.2. The Hall–Kier alpha value is -2.63. The first-order valence-corrected chi connectivity index (χ1v) is 5.68. The Morgan fingerprint density at radius 1 is 1.37 bits per heavy atom. The second-order valence-corrected chi connectivity index (χ2v) is 4.24. The van der Waals surface area contributed by atoms with Gasteiger partial charge in [0.1, 0.15) is 0 Å². The summed E-state index contributed by atoms with van der Waals surface area (Å²) in [6.45, 7) is 0. The Morgan fingerprint density at radius 2 is 2.16 bits per heavy atom. The van der Waals surface area contributed by atoms with Crippen LogP contribution in [0.1, 0.15) is 10.4 Å². The number of fused-ring (bicyclic) bond motifs is 3. The van der Waals surface area contributed by atoms with Crippen LogP contribution in [0.4, 0.5) is 0 Å². The molecule has 0 bridgehead atoms. The number of nitrogens with zero attached hydrogens (tertiary/aromatic N) is 2. The summed E-state index contributed by atoms with van der Waals surface area (Å²) in [5, 5.41) is 5.45. The quantitative estimate of drug-likeness (QED) is 0.664. The normalized spacial score (nSPS) is 11.1. The minimum Gasteiger partial charge on any atom is -0.465 e. The monoisotopic (exact) mass is 257 g/mol. The molecule has 0 fully saturated rings. The number of ether oxygens (including phenoxy) is 1. The Kier molecular flexibility index (Phi) is 2.38. The minimum atomic E-state index is -0.437. The number of nitrogens with one attached hydrogen (secondary N) is 1. The highest BCUT2D eigenvalue weighted by molar-refractivity contribution is 6.05. The molecule has 2 heterocycles. The summed E-state index contributed by atoms with van der Waals surface area (Å²) < 4.78 is 6.31. The molecule has 1 aromatic carbocycles. The number of hydrogen-bond acceptors (Lipinski definition) is 4. The van der Waals surface area contributed by atoms with E-state index in [1.165, 1.54) is 13.3 Å². The van der Waals surface area contributed by atoms with Gasteiger partial charge in [-0.05, 0) is 18.2 Å². The summed E-state index contributed by atoms with van der Waals surface area (Å²) in [6, 6.07) is 5.05. The zero-order valence-corrected chi connectivity index (χ0v) is 10.4. The first kappa shape index (κ1) is 11.5. The smallest absolute Gasteiger partial charge is 0.337 e. The number of aromatic nitrogens is 3. The van der Waals surface area contributed by atoms with Crippen molar-refractivity contribution < 1.29 is 9.53 Å². The first-order valence-electron chi connectivity index (χ1n) is 5.68. The largest absolute Gasteiger partial charge is 0.465 e. The lowest BCUT2D eigenvalue weighted by atomic mass is 10.1. The van der Waals surface area contributed by atoms with Crippen molar-refractivity contribution in [3.05, 3.63) is 40.3 Å². The zero-order chi connectivity index (χ0) is 13.6. The van der Waals surface area contributed by atoms with Gasteiger partial charge in [-0.15, -0.1) is 0 Å². The molecule has 0 aliphatic heterocycles. The van der Waals surface area contributed by atoms with Gasteiger partial charge in [0.25, 0.3) is 5.56 Å². The number of benzene rings is 1. The third-order valence-corrected chi connectivity index (χ3v) is 3.13. The number of carbonyl (C=O) groups is 1. The van der Waals surface area contributed by atoms with Gasteiger partial charge >= 0.3 is 5.97 Å². The SMILES string of the molecule is COC(=O)c1ccc2c(c1)[nH]c(=O)c1cnn(C)c12. The van der Waals surface area contributed by atoms with Crippen LogP contribution in [-0.4, -0.2) is 27.8 Å². The van der Waals surface area contributed by atoms with E-state index in [1.807, 2.05) is 0 Å². The third-order valence-electron chi connectivity index (χ3n) is 3.13. The van der Waals surface area contributed by atoms with E-state index in [0.717, 1.165) is 10.9 Å². The van der Waals surface area contributed by atoms with Gasteiger partial charge in [-0.25, -0.2) is 4.79 Å². The van der Waals surface area contributed by atoms with Gasteiger partial charge in [0.15, 0.2) is 0 Å². The van der Waals surface area contributed by atoms with Crippen LogP contribution in [0.5, 0.6) is 0 Å². The molecular weight excluding hydrogens is 246 g/mol. The van der Waals surface area contributed by atoms with Gasteiger partial charge in [0.05, 0.1) is 35.3 Å². The third kappa shape index (κ3) is 1.61. The van der Waals surface area contributed by atoms with Gasteiger partial charge in [0, 0.05) is 12.4 Å². The predicted octanol–water partition coefficient (Wildman–Crippen LogP) is 1.20.